The lowest BCUT2D eigenvalue weighted by Crippen LogP contribution is -2.02. The van der Waals surface area contributed by atoms with Crippen molar-refractivity contribution in [3.05, 3.63) is 65.5 Å². The van der Waals surface area contributed by atoms with Crippen molar-refractivity contribution in [2.24, 2.45) is 0 Å². The van der Waals surface area contributed by atoms with Gasteiger partial charge in [-0.1, -0.05) is 30.3 Å². The molecule has 2 rings (SSSR count). The highest BCUT2D eigenvalue weighted by Gasteiger charge is 2.03. The Balaban J connectivity index is 2.17. The van der Waals surface area contributed by atoms with Crippen molar-refractivity contribution in [1.82, 2.24) is 4.57 Å². The van der Waals surface area contributed by atoms with E-state index in [0.717, 1.165) is 17.4 Å². The SMILES string of the molecule is C=C(Cn1cccc1C=O)c1ccc(Cl)cc1. The Labute approximate surface area is 105 Å². The standard InChI is InChI=1S/C14H12ClNO/c1-11(12-4-6-13(15)7-5-12)9-16-8-2-3-14(16)10-17/h2-8,10H,1,9H2. The molecule has 0 aliphatic carbocycles. The summed E-state index contributed by atoms with van der Waals surface area (Å²) in [5, 5.41) is 0.705. The molecule has 0 fully saturated rings. The lowest BCUT2D eigenvalue weighted by molar-refractivity contribution is 0.111. The van der Waals surface area contributed by atoms with Crippen LogP contribution < -0.4 is 0 Å². The monoisotopic (exact) mass is 245 g/mol. The average Bonchev–Trinajstić information content (AvgIpc) is 2.77. The van der Waals surface area contributed by atoms with Crippen LogP contribution in [0.4, 0.5) is 0 Å². The number of aldehydes is 1. The van der Waals surface area contributed by atoms with Crippen molar-refractivity contribution >= 4 is 23.5 Å². The van der Waals surface area contributed by atoms with Gasteiger partial charge < -0.3 is 4.57 Å². The van der Waals surface area contributed by atoms with Gasteiger partial charge in [0, 0.05) is 17.8 Å². The van der Waals surface area contributed by atoms with Gasteiger partial charge in [-0.2, -0.15) is 0 Å². The number of hydrogen-bond donors (Lipinski definition) is 0. The Morgan fingerprint density at radius 3 is 2.65 bits per heavy atom. The summed E-state index contributed by atoms with van der Waals surface area (Å²) in [6, 6.07) is 11.1. The first-order valence-electron chi connectivity index (χ1n) is 5.25. The van der Waals surface area contributed by atoms with Crippen molar-refractivity contribution < 1.29 is 4.79 Å². The second-order valence-corrected chi connectivity index (χ2v) is 4.23. The second-order valence-electron chi connectivity index (χ2n) is 3.79. The molecule has 0 N–H and O–H groups in total. The van der Waals surface area contributed by atoms with Gasteiger partial charge in [-0.3, -0.25) is 4.79 Å². The molecule has 0 amide bonds. The predicted octanol–water partition coefficient (Wildman–Crippen LogP) is 3.67. The summed E-state index contributed by atoms with van der Waals surface area (Å²) in [5.41, 5.74) is 2.63. The Morgan fingerprint density at radius 2 is 2.00 bits per heavy atom. The highest BCUT2D eigenvalue weighted by atomic mass is 35.5. The van der Waals surface area contributed by atoms with Crippen LogP contribution in [-0.2, 0) is 6.54 Å². The van der Waals surface area contributed by atoms with Crippen molar-refractivity contribution in [2.45, 2.75) is 6.54 Å². The van der Waals surface area contributed by atoms with Gasteiger partial charge in [0.1, 0.15) is 0 Å². The molecule has 2 aromatic rings. The zero-order valence-corrected chi connectivity index (χ0v) is 10.0. The van der Waals surface area contributed by atoms with Crippen LogP contribution >= 0.6 is 11.6 Å². The Morgan fingerprint density at radius 1 is 1.29 bits per heavy atom. The van der Waals surface area contributed by atoms with Gasteiger partial charge in [0.25, 0.3) is 0 Å². The third-order valence-corrected chi connectivity index (χ3v) is 2.85. The molecule has 1 heterocycles. The van der Waals surface area contributed by atoms with Crippen LogP contribution in [0, 0.1) is 0 Å². The van der Waals surface area contributed by atoms with E-state index < -0.39 is 0 Å². The van der Waals surface area contributed by atoms with Crippen LogP contribution in [0.3, 0.4) is 0 Å². The number of aromatic nitrogens is 1. The van der Waals surface area contributed by atoms with E-state index in [-0.39, 0.29) is 0 Å². The maximum Gasteiger partial charge on any atom is 0.166 e. The average molecular weight is 246 g/mol. The first-order valence-corrected chi connectivity index (χ1v) is 5.62. The second kappa shape index (κ2) is 5.02. The Kier molecular flexibility index (Phi) is 3.45. The molecular weight excluding hydrogens is 234 g/mol. The summed E-state index contributed by atoms with van der Waals surface area (Å²) in [5.74, 6) is 0. The molecule has 0 spiro atoms. The zero-order chi connectivity index (χ0) is 12.3. The number of rotatable bonds is 4. The summed E-state index contributed by atoms with van der Waals surface area (Å²) < 4.78 is 1.87. The van der Waals surface area contributed by atoms with Gasteiger partial charge >= 0.3 is 0 Å². The van der Waals surface area contributed by atoms with Crippen molar-refractivity contribution in [2.75, 3.05) is 0 Å². The van der Waals surface area contributed by atoms with E-state index in [1.807, 2.05) is 41.1 Å². The molecule has 1 aromatic carbocycles. The van der Waals surface area contributed by atoms with Crippen LogP contribution in [-0.4, -0.2) is 10.9 Å². The molecule has 0 saturated carbocycles. The van der Waals surface area contributed by atoms with Crippen molar-refractivity contribution in [1.29, 1.82) is 0 Å². The number of benzene rings is 1. The first-order chi connectivity index (χ1) is 8.20. The highest BCUT2D eigenvalue weighted by Crippen LogP contribution is 2.18. The molecular formula is C14H12ClNO. The number of carbonyl (C=O) groups is 1. The molecule has 3 heteroatoms. The molecule has 0 aliphatic rings. The lowest BCUT2D eigenvalue weighted by Gasteiger charge is -2.09. The van der Waals surface area contributed by atoms with Gasteiger partial charge in [0.05, 0.1) is 5.69 Å². The topological polar surface area (TPSA) is 22.0 Å². The molecule has 0 saturated heterocycles. The van der Waals surface area contributed by atoms with Crippen molar-refractivity contribution in [3.63, 3.8) is 0 Å². The van der Waals surface area contributed by atoms with Gasteiger partial charge in [-0.05, 0) is 35.4 Å². The summed E-state index contributed by atoms with van der Waals surface area (Å²) in [6.45, 7) is 4.62. The molecule has 1 aromatic heterocycles. The number of nitrogens with zero attached hydrogens (tertiary/aromatic N) is 1. The minimum absolute atomic E-state index is 0.600. The van der Waals surface area contributed by atoms with E-state index >= 15 is 0 Å². The van der Waals surface area contributed by atoms with Crippen LogP contribution in [0.15, 0.2) is 49.2 Å². The maximum absolute atomic E-state index is 10.8. The number of halogens is 1. The number of hydrogen-bond acceptors (Lipinski definition) is 1. The maximum atomic E-state index is 10.8. The fourth-order valence-electron chi connectivity index (χ4n) is 1.66. The number of carbonyl (C=O) groups excluding carboxylic acids is 1. The number of allylic oxidation sites excluding steroid dienone is 1. The third kappa shape index (κ3) is 2.66. The largest absolute Gasteiger partial charge is 0.341 e. The third-order valence-electron chi connectivity index (χ3n) is 2.60. The van der Waals surface area contributed by atoms with E-state index in [1.54, 1.807) is 6.07 Å². The fourth-order valence-corrected chi connectivity index (χ4v) is 1.79. The lowest BCUT2D eigenvalue weighted by atomic mass is 10.1. The normalized spacial score (nSPS) is 10.2. The molecule has 0 unspecified atom stereocenters. The van der Waals surface area contributed by atoms with Gasteiger partial charge in [-0.15, -0.1) is 0 Å². The molecule has 86 valence electrons. The predicted molar refractivity (Wildman–Crippen MR) is 70.3 cm³/mol. The van der Waals surface area contributed by atoms with E-state index in [9.17, 15) is 4.79 Å². The smallest absolute Gasteiger partial charge is 0.166 e. The molecule has 0 atom stereocenters. The van der Waals surface area contributed by atoms with Crippen LogP contribution in [0.1, 0.15) is 16.1 Å². The molecule has 2 nitrogen and oxygen atoms in total. The first kappa shape index (κ1) is 11.7. The summed E-state index contributed by atoms with van der Waals surface area (Å²) in [7, 11) is 0. The molecule has 0 radical (unpaired) electrons. The highest BCUT2D eigenvalue weighted by molar-refractivity contribution is 6.30. The van der Waals surface area contributed by atoms with Gasteiger partial charge in [0.15, 0.2) is 6.29 Å². The quantitative estimate of drug-likeness (QED) is 0.754. The van der Waals surface area contributed by atoms with Crippen LogP contribution in [0.25, 0.3) is 5.57 Å². The van der Waals surface area contributed by atoms with E-state index in [4.69, 9.17) is 11.6 Å². The minimum Gasteiger partial charge on any atom is -0.341 e. The minimum atomic E-state index is 0.600. The summed E-state index contributed by atoms with van der Waals surface area (Å²) in [4.78, 5) is 10.8. The summed E-state index contributed by atoms with van der Waals surface area (Å²) in [6.07, 6.45) is 2.71. The van der Waals surface area contributed by atoms with E-state index in [2.05, 4.69) is 6.58 Å². The van der Waals surface area contributed by atoms with Gasteiger partial charge in [0.2, 0.25) is 0 Å². The van der Waals surface area contributed by atoms with E-state index in [0.29, 0.717) is 17.3 Å². The molecule has 0 aliphatic heterocycles. The zero-order valence-electron chi connectivity index (χ0n) is 9.27. The summed E-state index contributed by atoms with van der Waals surface area (Å²) >= 11 is 5.83. The fraction of sp³-hybridized carbons (Fsp3) is 0.0714. The van der Waals surface area contributed by atoms with Gasteiger partial charge in [-0.25, -0.2) is 0 Å². The van der Waals surface area contributed by atoms with E-state index in [1.165, 1.54) is 0 Å². The Hall–Kier alpha value is -1.80. The van der Waals surface area contributed by atoms with Crippen LogP contribution in [0.2, 0.25) is 5.02 Å². The Bertz CT molecular complexity index is 540. The van der Waals surface area contributed by atoms with Crippen molar-refractivity contribution in [3.8, 4) is 0 Å². The van der Waals surface area contributed by atoms with Crippen LogP contribution in [0.5, 0.6) is 0 Å². The molecule has 17 heavy (non-hydrogen) atoms. The molecule has 0 bridgehead atoms.